The number of hydrogen-bond acceptors (Lipinski definition) is 6. The number of aromatic nitrogens is 3. The molecule has 184 valence electrons. The SMILES string of the molecule is O=C(NCc1ccccc1)[C@H]1CCc2[nH]c3ncnc(Nc4ccccc4N4CCOCC4)c3c2C1. The summed E-state index contributed by atoms with van der Waals surface area (Å²) in [6.07, 6.45) is 3.90. The van der Waals surface area contributed by atoms with Gasteiger partial charge in [0.25, 0.3) is 0 Å². The van der Waals surface area contributed by atoms with Gasteiger partial charge in [-0.3, -0.25) is 4.79 Å². The van der Waals surface area contributed by atoms with Gasteiger partial charge in [0.15, 0.2) is 0 Å². The quantitative estimate of drug-likeness (QED) is 0.385. The summed E-state index contributed by atoms with van der Waals surface area (Å²) in [6, 6.07) is 18.3. The second kappa shape index (κ2) is 9.99. The zero-order valence-corrected chi connectivity index (χ0v) is 20.2. The molecule has 8 nitrogen and oxygen atoms in total. The summed E-state index contributed by atoms with van der Waals surface area (Å²) in [5.41, 5.74) is 6.35. The van der Waals surface area contributed by atoms with Crippen LogP contribution in [0.15, 0.2) is 60.9 Å². The van der Waals surface area contributed by atoms with Gasteiger partial charge in [-0.15, -0.1) is 0 Å². The molecule has 4 aromatic rings. The van der Waals surface area contributed by atoms with E-state index in [4.69, 9.17) is 4.74 Å². The van der Waals surface area contributed by atoms with Crippen LogP contribution >= 0.6 is 0 Å². The number of carbonyl (C=O) groups excluding carboxylic acids is 1. The van der Waals surface area contributed by atoms with E-state index < -0.39 is 0 Å². The fourth-order valence-electron chi connectivity index (χ4n) is 5.28. The zero-order valence-electron chi connectivity index (χ0n) is 20.2. The zero-order chi connectivity index (χ0) is 24.3. The number of amides is 1. The van der Waals surface area contributed by atoms with Crippen molar-refractivity contribution in [2.45, 2.75) is 25.8 Å². The maximum absolute atomic E-state index is 13.1. The summed E-state index contributed by atoms with van der Waals surface area (Å²) in [6.45, 7) is 3.72. The maximum Gasteiger partial charge on any atom is 0.223 e. The lowest BCUT2D eigenvalue weighted by atomic mass is 9.86. The lowest BCUT2D eigenvalue weighted by molar-refractivity contribution is -0.125. The largest absolute Gasteiger partial charge is 0.378 e. The third-order valence-electron chi connectivity index (χ3n) is 7.17. The molecule has 1 saturated heterocycles. The van der Waals surface area contributed by atoms with E-state index in [0.717, 1.165) is 84.2 Å². The molecular weight excluding hydrogens is 452 g/mol. The molecule has 1 amide bonds. The highest BCUT2D eigenvalue weighted by atomic mass is 16.5. The van der Waals surface area contributed by atoms with Crippen LogP contribution in [0.5, 0.6) is 0 Å². The van der Waals surface area contributed by atoms with E-state index in [1.165, 1.54) is 0 Å². The van der Waals surface area contributed by atoms with E-state index in [1.54, 1.807) is 6.33 Å². The number of aryl methyl sites for hydroxylation is 1. The Bertz CT molecular complexity index is 1360. The third-order valence-corrected chi connectivity index (χ3v) is 7.17. The van der Waals surface area contributed by atoms with Crippen molar-refractivity contribution in [1.29, 1.82) is 0 Å². The van der Waals surface area contributed by atoms with Gasteiger partial charge >= 0.3 is 0 Å². The van der Waals surface area contributed by atoms with Gasteiger partial charge in [-0.1, -0.05) is 42.5 Å². The molecule has 0 spiro atoms. The van der Waals surface area contributed by atoms with E-state index in [0.29, 0.717) is 13.0 Å². The number of H-pyrrole nitrogens is 1. The summed E-state index contributed by atoms with van der Waals surface area (Å²) in [4.78, 5) is 28.0. The molecule has 0 saturated carbocycles. The number of nitrogens with zero attached hydrogens (tertiary/aromatic N) is 3. The topological polar surface area (TPSA) is 95.2 Å². The van der Waals surface area contributed by atoms with Crippen LogP contribution in [0.25, 0.3) is 11.0 Å². The van der Waals surface area contributed by atoms with E-state index >= 15 is 0 Å². The second-order valence-corrected chi connectivity index (χ2v) is 9.41. The van der Waals surface area contributed by atoms with E-state index in [1.807, 2.05) is 36.4 Å². The highest BCUT2D eigenvalue weighted by Crippen LogP contribution is 2.37. The second-order valence-electron chi connectivity index (χ2n) is 9.41. The number of aromatic amines is 1. The smallest absolute Gasteiger partial charge is 0.223 e. The Morgan fingerprint density at radius 2 is 1.86 bits per heavy atom. The summed E-state index contributed by atoms with van der Waals surface area (Å²) >= 11 is 0. The normalized spacial score (nSPS) is 17.6. The first-order valence-corrected chi connectivity index (χ1v) is 12.6. The Kier molecular flexibility index (Phi) is 6.26. The highest BCUT2D eigenvalue weighted by molar-refractivity contribution is 5.95. The molecule has 0 unspecified atom stereocenters. The van der Waals surface area contributed by atoms with Crippen molar-refractivity contribution in [3.8, 4) is 0 Å². The molecule has 1 atom stereocenters. The number of carbonyl (C=O) groups is 1. The lowest BCUT2D eigenvalue weighted by Gasteiger charge is -2.30. The van der Waals surface area contributed by atoms with Crippen molar-refractivity contribution in [1.82, 2.24) is 20.3 Å². The number of fused-ring (bicyclic) bond motifs is 3. The van der Waals surface area contributed by atoms with Crippen LogP contribution in [-0.4, -0.2) is 47.2 Å². The Labute approximate surface area is 210 Å². The van der Waals surface area contributed by atoms with Gasteiger partial charge in [-0.2, -0.15) is 0 Å². The van der Waals surface area contributed by atoms with Crippen LogP contribution in [0.4, 0.5) is 17.2 Å². The first-order valence-electron chi connectivity index (χ1n) is 12.6. The number of hydrogen-bond donors (Lipinski definition) is 3. The fraction of sp³-hybridized carbons (Fsp3) is 0.321. The minimum atomic E-state index is -0.0751. The van der Waals surface area contributed by atoms with Crippen molar-refractivity contribution >= 4 is 34.1 Å². The molecule has 6 rings (SSSR count). The molecule has 2 aromatic heterocycles. The molecule has 3 N–H and O–H groups in total. The molecule has 1 aliphatic carbocycles. The minimum Gasteiger partial charge on any atom is -0.378 e. The summed E-state index contributed by atoms with van der Waals surface area (Å²) < 4.78 is 5.54. The Morgan fingerprint density at radius 3 is 2.72 bits per heavy atom. The van der Waals surface area contributed by atoms with Crippen LogP contribution in [0, 0.1) is 5.92 Å². The van der Waals surface area contributed by atoms with Gasteiger partial charge < -0.3 is 25.3 Å². The first-order chi connectivity index (χ1) is 17.8. The number of para-hydroxylation sites is 2. The van der Waals surface area contributed by atoms with E-state index in [-0.39, 0.29) is 11.8 Å². The number of nitrogens with one attached hydrogen (secondary N) is 3. The highest BCUT2D eigenvalue weighted by Gasteiger charge is 2.29. The van der Waals surface area contributed by atoms with Crippen LogP contribution in [0.3, 0.4) is 0 Å². The molecule has 0 bridgehead atoms. The van der Waals surface area contributed by atoms with Gasteiger partial charge in [0.1, 0.15) is 17.8 Å². The van der Waals surface area contributed by atoms with Crippen LogP contribution in [0.1, 0.15) is 23.2 Å². The summed E-state index contributed by atoms with van der Waals surface area (Å²) in [5, 5.41) is 7.69. The first kappa shape index (κ1) is 22.5. The number of ether oxygens (including phenoxy) is 1. The number of morpholine rings is 1. The molecule has 1 aliphatic heterocycles. The van der Waals surface area contributed by atoms with Gasteiger partial charge in [-0.05, 0) is 42.5 Å². The average molecular weight is 483 g/mol. The number of rotatable bonds is 6. The molecule has 2 aromatic carbocycles. The number of benzene rings is 2. The maximum atomic E-state index is 13.1. The fourth-order valence-corrected chi connectivity index (χ4v) is 5.28. The molecule has 2 aliphatic rings. The van der Waals surface area contributed by atoms with Crippen molar-refractivity contribution < 1.29 is 9.53 Å². The van der Waals surface area contributed by atoms with Gasteiger partial charge in [-0.25, -0.2) is 9.97 Å². The predicted octanol–water partition coefficient (Wildman–Crippen LogP) is 3.96. The lowest BCUT2D eigenvalue weighted by Crippen LogP contribution is -2.36. The molecule has 8 heteroatoms. The van der Waals surface area contributed by atoms with Crippen LogP contribution in [0.2, 0.25) is 0 Å². The molecular formula is C28H30N6O2. The molecule has 36 heavy (non-hydrogen) atoms. The molecule has 3 heterocycles. The predicted molar refractivity (Wildman–Crippen MR) is 140 cm³/mol. The summed E-state index contributed by atoms with van der Waals surface area (Å²) in [7, 11) is 0. The Hall–Kier alpha value is -3.91. The van der Waals surface area contributed by atoms with Crippen molar-refractivity contribution in [3.05, 3.63) is 77.7 Å². The van der Waals surface area contributed by atoms with E-state index in [2.05, 4.69) is 48.7 Å². The van der Waals surface area contributed by atoms with Crippen LogP contribution in [-0.2, 0) is 28.9 Å². The number of anilines is 3. The monoisotopic (exact) mass is 482 g/mol. The van der Waals surface area contributed by atoms with Crippen molar-refractivity contribution in [2.24, 2.45) is 5.92 Å². The third kappa shape index (κ3) is 4.52. The average Bonchev–Trinajstić information content (AvgIpc) is 3.32. The van der Waals surface area contributed by atoms with Crippen LogP contribution < -0.4 is 15.5 Å². The Morgan fingerprint density at radius 1 is 1.06 bits per heavy atom. The van der Waals surface area contributed by atoms with Gasteiger partial charge in [0.05, 0.1) is 30.0 Å². The molecule has 1 fully saturated rings. The van der Waals surface area contributed by atoms with Gasteiger partial charge in [0, 0.05) is 31.2 Å². The van der Waals surface area contributed by atoms with Crippen molar-refractivity contribution in [2.75, 3.05) is 36.5 Å². The summed E-state index contributed by atoms with van der Waals surface area (Å²) in [5.74, 6) is 0.792. The minimum absolute atomic E-state index is 0.0751. The van der Waals surface area contributed by atoms with Gasteiger partial charge in [0.2, 0.25) is 5.91 Å². The standard InChI is InChI=1S/C28H30N6O2/c35-28(29-17-19-6-2-1-3-7-19)20-10-11-22-21(16-20)25-26(32-22)30-18-31-27(25)33-23-8-4-5-9-24(23)34-12-14-36-15-13-34/h1-9,18,20H,10-17H2,(H,29,35)(H2,30,31,32,33)/t20-/m0/s1. The van der Waals surface area contributed by atoms with E-state index in [9.17, 15) is 4.79 Å². The van der Waals surface area contributed by atoms with Crippen molar-refractivity contribution in [3.63, 3.8) is 0 Å². The Balaban J connectivity index is 1.26. The molecule has 0 radical (unpaired) electrons.